The van der Waals surface area contributed by atoms with Crippen LogP contribution in [-0.2, 0) is 32.7 Å². The average Bonchev–Trinajstić information content (AvgIpc) is 2.39. The van der Waals surface area contributed by atoms with E-state index in [1.54, 1.807) is 6.20 Å². The van der Waals surface area contributed by atoms with Crippen molar-refractivity contribution < 1.29 is 32.7 Å². The number of pyridine rings is 2. The SMILES string of the molecule is [Y].[c-]1nc2ccccc2cc1-c1[c-]cccn1. The minimum atomic E-state index is 0. The number of nitrogens with zero attached hydrogens (tertiary/aromatic N) is 2. The fourth-order valence-corrected chi connectivity index (χ4v) is 1.61. The van der Waals surface area contributed by atoms with E-state index in [0.29, 0.717) is 0 Å². The van der Waals surface area contributed by atoms with Crippen LogP contribution in [0, 0.1) is 12.3 Å². The van der Waals surface area contributed by atoms with Crippen molar-refractivity contribution in [3.8, 4) is 11.3 Å². The number of fused-ring (bicyclic) bond motifs is 1. The van der Waals surface area contributed by atoms with Crippen molar-refractivity contribution in [2.45, 2.75) is 0 Å². The zero-order chi connectivity index (χ0) is 10.8. The topological polar surface area (TPSA) is 25.8 Å². The molecule has 3 heteroatoms. The minimum Gasteiger partial charge on any atom is -0.366 e. The summed E-state index contributed by atoms with van der Waals surface area (Å²) in [6, 6.07) is 16.7. The monoisotopic (exact) mass is 293 g/mol. The summed E-state index contributed by atoms with van der Waals surface area (Å²) in [6.45, 7) is 0. The summed E-state index contributed by atoms with van der Waals surface area (Å²) in [5.41, 5.74) is 2.60. The molecular weight excluding hydrogens is 285 g/mol. The van der Waals surface area contributed by atoms with E-state index in [0.717, 1.165) is 22.2 Å². The molecule has 0 saturated carbocycles. The zero-order valence-electron chi connectivity index (χ0n) is 9.09. The third-order valence-corrected chi connectivity index (χ3v) is 2.39. The van der Waals surface area contributed by atoms with Gasteiger partial charge in [-0.05, 0) is 11.7 Å². The third kappa shape index (κ3) is 2.59. The van der Waals surface area contributed by atoms with Gasteiger partial charge >= 0.3 is 0 Å². The zero-order valence-corrected chi connectivity index (χ0v) is 11.9. The van der Waals surface area contributed by atoms with Crippen molar-refractivity contribution in [2.75, 3.05) is 0 Å². The van der Waals surface area contributed by atoms with Crippen LogP contribution in [0.3, 0.4) is 0 Å². The maximum absolute atomic E-state index is 4.27. The normalized spacial score (nSPS) is 9.88. The van der Waals surface area contributed by atoms with Gasteiger partial charge in [-0.3, -0.25) is 0 Å². The number of aromatic nitrogens is 2. The molecule has 0 unspecified atom stereocenters. The molecule has 0 saturated heterocycles. The smallest absolute Gasteiger partial charge is 0 e. The molecule has 0 amide bonds. The Labute approximate surface area is 125 Å². The number of rotatable bonds is 1. The molecule has 0 aliphatic heterocycles. The van der Waals surface area contributed by atoms with Gasteiger partial charge < -0.3 is 9.97 Å². The van der Waals surface area contributed by atoms with E-state index in [1.807, 2.05) is 42.5 Å². The van der Waals surface area contributed by atoms with Gasteiger partial charge in [-0.1, -0.05) is 29.7 Å². The van der Waals surface area contributed by atoms with Gasteiger partial charge in [0.1, 0.15) is 0 Å². The van der Waals surface area contributed by atoms with Crippen LogP contribution in [0.15, 0.2) is 48.7 Å². The Morgan fingerprint density at radius 1 is 1.06 bits per heavy atom. The Balaban J connectivity index is 0.00000108. The first-order chi connectivity index (χ1) is 7.93. The van der Waals surface area contributed by atoms with Gasteiger partial charge in [-0.25, -0.2) is 11.6 Å². The Morgan fingerprint density at radius 2 is 1.94 bits per heavy atom. The van der Waals surface area contributed by atoms with Gasteiger partial charge in [0.2, 0.25) is 0 Å². The van der Waals surface area contributed by atoms with E-state index >= 15 is 0 Å². The van der Waals surface area contributed by atoms with Crippen molar-refractivity contribution in [1.29, 1.82) is 0 Å². The molecule has 79 valence electrons. The van der Waals surface area contributed by atoms with Crippen molar-refractivity contribution in [3.63, 3.8) is 0 Å². The first kappa shape index (κ1) is 12.3. The predicted octanol–water partition coefficient (Wildman–Crippen LogP) is 2.89. The predicted molar refractivity (Wildman–Crippen MR) is 62.6 cm³/mol. The third-order valence-electron chi connectivity index (χ3n) is 2.39. The number of benzene rings is 1. The summed E-state index contributed by atoms with van der Waals surface area (Å²) >= 11 is 0. The van der Waals surface area contributed by atoms with E-state index in [1.165, 1.54) is 0 Å². The van der Waals surface area contributed by atoms with Crippen LogP contribution >= 0.6 is 0 Å². The quantitative estimate of drug-likeness (QED) is 0.645. The average molecular weight is 293 g/mol. The second-order valence-corrected chi connectivity index (χ2v) is 3.47. The van der Waals surface area contributed by atoms with E-state index in [4.69, 9.17) is 0 Å². The van der Waals surface area contributed by atoms with Crippen LogP contribution in [0.4, 0.5) is 0 Å². The Hall–Kier alpha value is -1.12. The molecule has 0 bridgehead atoms. The molecule has 3 aromatic rings. The molecular formula is C14H8N2Y-2. The van der Waals surface area contributed by atoms with Gasteiger partial charge in [0.05, 0.1) is 0 Å². The van der Waals surface area contributed by atoms with Crippen LogP contribution in [-0.4, -0.2) is 9.97 Å². The second kappa shape index (κ2) is 5.48. The molecule has 0 fully saturated rings. The summed E-state index contributed by atoms with van der Waals surface area (Å²) in [5, 5.41) is 1.09. The number of hydrogen-bond acceptors (Lipinski definition) is 2. The van der Waals surface area contributed by atoms with Gasteiger partial charge in [0.15, 0.2) is 0 Å². The molecule has 3 rings (SSSR count). The van der Waals surface area contributed by atoms with Crippen LogP contribution < -0.4 is 0 Å². The molecule has 0 aliphatic carbocycles. The molecule has 0 atom stereocenters. The Kier molecular flexibility index (Phi) is 3.98. The number of para-hydroxylation sites is 1. The Morgan fingerprint density at radius 3 is 2.76 bits per heavy atom. The van der Waals surface area contributed by atoms with Crippen molar-refractivity contribution in [3.05, 3.63) is 60.9 Å². The van der Waals surface area contributed by atoms with Crippen molar-refractivity contribution >= 4 is 10.9 Å². The molecule has 0 spiro atoms. The van der Waals surface area contributed by atoms with Gasteiger partial charge in [-0.2, -0.15) is 12.1 Å². The fourth-order valence-electron chi connectivity index (χ4n) is 1.61. The number of hydrogen-bond donors (Lipinski definition) is 0. The first-order valence-corrected chi connectivity index (χ1v) is 5.04. The van der Waals surface area contributed by atoms with Gasteiger partial charge in [-0.15, -0.1) is 18.0 Å². The fraction of sp³-hybridized carbons (Fsp3) is 0. The summed E-state index contributed by atoms with van der Waals surface area (Å²) in [7, 11) is 0. The Bertz CT molecular complexity index is 623. The molecule has 1 aromatic carbocycles. The summed E-state index contributed by atoms with van der Waals surface area (Å²) in [4.78, 5) is 8.50. The first-order valence-electron chi connectivity index (χ1n) is 5.04. The van der Waals surface area contributed by atoms with E-state index in [-0.39, 0.29) is 32.7 Å². The van der Waals surface area contributed by atoms with E-state index < -0.39 is 0 Å². The molecule has 2 heterocycles. The van der Waals surface area contributed by atoms with Gasteiger partial charge in [0.25, 0.3) is 0 Å². The van der Waals surface area contributed by atoms with E-state index in [9.17, 15) is 0 Å². The molecule has 0 aliphatic rings. The van der Waals surface area contributed by atoms with Crippen LogP contribution in [0.2, 0.25) is 0 Å². The summed E-state index contributed by atoms with van der Waals surface area (Å²) in [6.07, 6.45) is 4.73. The molecule has 2 aromatic heterocycles. The van der Waals surface area contributed by atoms with Crippen LogP contribution in [0.5, 0.6) is 0 Å². The van der Waals surface area contributed by atoms with Crippen LogP contribution in [0.25, 0.3) is 22.2 Å². The maximum Gasteiger partial charge on any atom is 0 e. The molecule has 0 N–H and O–H groups in total. The molecule has 1 radical (unpaired) electrons. The summed E-state index contributed by atoms with van der Waals surface area (Å²) < 4.78 is 0. The van der Waals surface area contributed by atoms with Crippen LogP contribution in [0.1, 0.15) is 0 Å². The van der Waals surface area contributed by atoms with Gasteiger partial charge in [0, 0.05) is 32.7 Å². The van der Waals surface area contributed by atoms with Crippen molar-refractivity contribution in [1.82, 2.24) is 9.97 Å². The summed E-state index contributed by atoms with van der Waals surface area (Å²) in [5.74, 6) is 0. The largest absolute Gasteiger partial charge is 0.366 e. The maximum atomic E-state index is 4.27. The second-order valence-electron chi connectivity index (χ2n) is 3.47. The van der Waals surface area contributed by atoms with Crippen molar-refractivity contribution in [2.24, 2.45) is 0 Å². The van der Waals surface area contributed by atoms with E-state index in [2.05, 4.69) is 22.2 Å². The minimum absolute atomic E-state index is 0. The molecule has 2 nitrogen and oxygen atoms in total. The molecule has 17 heavy (non-hydrogen) atoms. The standard InChI is InChI=1S/C14H8N2.Y/c1-2-6-13-11(5-1)9-12(10-16-13)14-7-3-4-8-15-14;/h1-6,8-9H;/q-2;.